The molecule has 2 amide bonds. The Bertz CT molecular complexity index is 1070. The van der Waals surface area contributed by atoms with Crippen LogP contribution in [0.2, 0.25) is 0 Å². The maximum Gasteiger partial charge on any atom is 0.277 e. The molecule has 2 fully saturated rings. The summed E-state index contributed by atoms with van der Waals surface area (Å²) in [5.41, 5.74) is 0.254. The van der Waals surface area contributed by atoms with Gasteiger partial charge in [0.05, 0.1) is 24.2 Å². The summed E-state index contributed by atoms with van der Waals surface area (Å²) in [5, 5.41) is 10.1. The van der Waals surface area contributed by atoms with Crippen LogP contribution in [0.1, 0.15) is 31.7 Å². The molecular weight excluding hydrogens is 424 g/mol. The summed E-state index contributed by atoms with van der Waals surface area (Å²) in [6.45, 7) is 13.2. The van der Waals surface area contributed by atoms with Crippen LogP contribution < -0.4 is 10.9 Å². The molecule has 180 valence electrons. The fourth-order valence-electron chi connectivity index (χ4n) is 5.16. The quantitative estimate of drug-likeness (QED) is 0.692. The highest BCUT2D eigenvalue weighted by Crippen LogP contribution is 2.28. The minimum atomic E-state index is -0.390. The van der Waals surface area contributed by atoms with Gasteiger partial charge in [0.25, 0.3) is 5.56 Å². The zero-order valence-electron chi connectivity index (χ0n) is 19.9. The Kier molecular flexibility index (Phi) is 6.85. The zero-order chi connectivity index (χ0) is 23.7. The van der Waals surface area contributed by atoms with Crippen molar-refractivity contribution in [3.05, 3.63) is 21.8 Å². The Morgan fingerprint density at radius 1 is 1.03 bits per heavy atom. The van der Waals surface area contributed by atoms with Crippen molar-refractivity contribution in [2.24, 2.45) is 11.8 Å². The minimum Gasteiger partial charge on any atom is -0.444 e. The van der Waals surface area contributed by atoms with Crippen LogP contribution in [0.5, 0.6) is 0 Å². The number of fused-ring (bicyclic) bond motifs is 1. The lowest BCUT2D eigenvalue weighted by Crippen LogP contribution is -2.52. The highest BCUT2D eigenvalue weighted by Gasteiger charge is 2.28. The van der Waals surface area contributed by atoms with Crippen LogP contribution in [0.15, 0.2) is 9.21 Å². The predicted octanol–water partition coefficient (Wildman–Crippen LogP) is 1.19. The Labute approximate surface area is 193 Å². The fourth-order valence-corrected chi connectivity index (χ4v) is 5.16. The Morgan fingerprint density at radius 2 is 1.64 bits per heavy atom. The molecule has 4 rings (SSSR count). The number of amides is 2. The number of likely N-dealkylation sites (tertiary alicyclic amines) is 1. The number of H-pyrrole nitrogens is 1. The second-order valence-electron chi connectivity index (χ2n) is 9.72. The topological polar surface area (TPSA) is 115 Å². The van der Waals surface area contributed by atoms with E-state index < -0.39 is 5.56 Å². The molecular formula is C23H34N6O4. The van der Waals surface area contributed by atoms with Gasteiger partial charge in [-0.05, 0) is 32.1 Å². The number of hydrogen-bond donors (Lipinski definition) is 2. The van der Waals surface area contributed by atoms with Gasteiger partial charge in [-0.1, -0.05) is 13.8 Å². The first kappa shape index (κ1) is 23.4. The summed E-state index contributed by atoms with van der Waals surface area (Å²) in [5.74, 6) is 1.79. The normalized spacial score (nSPS) is 22.6. The summed E-state index contributed by atoms with van der Waals surface area (Å²) < 4.78 is 5.66. The number of furan rings is 1. The third-order valence-corrected chi connectivity index (χ3v) is 6.66. The predicted molar refractivity (Wildman–Crippen MR) is 125 cm³/mol. The maximum atomic E-state index is 12.7. The molecule has 10 heteroatoms. The molecule has 2 N–H and O–H groups in total. The van der Waals surface area contributed by atoms with E-state index in [1.807, 2.05) is 4.90 Å². The molecule has 2 aromatic rings. The van der Waals surface area contributed by atoms with Crippen molar-refractivity contribution >= 4 is 28.5 Å². The lowest BCUT2D eigenvalue weighted by Gasteiger charge is -2.38. The minimum absolute atomic E-state index is 0.161. The number of aromatic nitrogens is 2. The number of aromatic amines is 1. The Balaban J connectivity index is 1.28. The second kappa shape index (κ2) is 9.64. The molecule has 2 atom stereocenters. The first-order valence-corrected chi connectivity index (χ1v) is 11.7. The lowest BCUT2D eigenvalue weighted by atomic mass is 9.92. The van der Waals surface area contributed by atoms with E-state index >= 15 is 0 Å². The van der Waals surface area contributed by atoms with Gasteiger partial charge >= 0.3 is 0 Å². The van der Waals surface area contributed by atoms with E-state index in [-0.39, 0.29) is 24.2 Å². The third kappa shape index (κ3) is 5.27. The van der Waals surface area contributed by atoms with Crippen LogP contribution in [0.4, 0.5) is 5.88 Å². The SMILES string of the molecule is Cc1n[nH]c(=O)c2c(NC(=O)CN3CCN(CC(=O)N4CC(C)CC(C)C4)CC3)oc(C)c12. The van der Waals surface area contributed by atoms with Crippen molar-refractivity contribution < 1.29 is 14.0 Å². The summed E-state index contributed by atoms with van der Waals surface area (Å²) in [7, 11) is 0. The van der Waals surface area contributed by atoms with Gasteiger partial charge in [-0.2, -0.15) is 5.10 Å². The van der Waals surface area contributed by atoms with Crippen molar-refractivity contribution in [1.82, 2.24) is 24.9 Å². The average Bonchev–Trinajstić information content (AvgIpc) is 3.08. The van der Waals surface area contributed by atoms with Gasteiger partial charge in [0, 0.05) is 39.3 Å². The number of rotatable bonds is 5. The molecule has 0 radical (unpaired) electrons. The molecule has 0 spiro atoms. The number of carbonyl (C=O) groups is 2. The standard InChI is InChI=1S/C23H34N6O4/c1-14-9-15(2)11-29(10-14)19(31)13-28-7-5-27(6-8-28)12-18(30)24-23-21-20(17(4)33-23)16(3)25-26-22(21)32/h14-15H,5-13H2,1-4H3,(H,24,30)(H,26,32). The number of nitrogens with zero attached hydrogens (tertiary/aromatic N) is 4. The molecule has 2 aromatic heterocycles. The first-order chi connectivity index (χ1) is 15.7. The second-order valence-corrected chi connectivity index (χ2v) is 9.72. The van der Waals surface area contributed by atoms with Crippen LogP contribution in [0, 0.1) is 25.7 Å². The van der Waals surface area contributed by atoms with Crippen LogP contribution in [0.25, 0.3) is 10.8 Å². The number of anilines is 1. The average molecular weight is 459 g/mol. The molecule has 2 unspecified atom stereocenters. The molecule has 2 saturated heterocycles. The smallest absolute Gasteiger partial charge is 0.277 e. The molecule has 0 aliphatic carbocycles. The van der Waals surface area contributed by atoms with Crippen LogP contribution in [-0.2, 0) is 9.59 Å². The van der Waals surface area contributed by atoms with E-state index in [1.54, 1.807) is 13.8 Å². The molecule has 10 nitrogen and oxygen atoms in total. The molecule has 0 aromatic carbocycles. The maximum absolute atomic E-state index is 12.7. The van der Waals surface area contributed by atoms with Crippen molar-refractivity contribution in [1.29, 1.82) is 0 Å². The first-order valence-electron chi connectivity index (χ1n) is 11.7. The molecule has 0 saturated carbocycles. The van der Waals surface area contributed by atoms with Gasteiger partial charge in [0.15, 0.2) is 0 Å². The van der Waals surface area contributed by atoms with Gasteiger partial charge < -0.3 is 9.32 Å². The number of nitrogens with one attached hydrogen (secondary N) is 2. The number of aryl methyl sites for hydroxylation is 2. The van der Waals surface area contributed by atoms with Gasteiger partial charge in [-0.3, -0.25) is 29.5 Å². The summed E-state index contributed by atoms with van der Waals surface area (Å²) in [4.78, 5) is 43.8. The van der Waals surface area contributed by atoms with Crippen molar-refractivity contribution in [3.63, 3.8) is 0 Å². The molecule has 33 heavy (non-hydrogen) atoms. The van der Waals surface area contributed by atoms with E-state index in [1.165, 1.54) is 6.42 Å². The van der Waals surface area contributed by atoms with Gasteiger partial charge in [0.1, 0.15) is 11.1 Å². The van der Waals surface area contributed by atoms with Crippen LogP contribution in [0.3, 0.4) is 0 Å². The Morgan fingerprint density at radius 3 is 2.27 bits per heavy atom. The number of carbonyl (C=O) groups excluding carboxylic acids is 2. The van der Waals surface area contributed by atoms with Crippen molar-refractivity contribution in [2.45, 2.75) is 34.1 Å². The van der Waals surface area contributed by atoms with E-state index in [9.17, 15) is 14.4 Å². The number of hydrogen-bond acceptors (Lipinski definition) is 7. The molecule has 4 heterocycles. The van der Waals surface area contributed by atoms with Crippen molar-refractivity contribution in [2.75, 3.05) is 57.7 Å². The largest absolute Gasteiger partial charge is 0.444 e. The van der Waals surface area contributed by atoms with E-state index in [0.29, 0.717) is 53.7 Å². The highest BCUT2D eigenvalue weighted by molar-refractivity contribution is 6.01. The number of piperidine rings is 1. The van der Waals surface area contributed by atoms with Crippen LogP contribution >= 0.6 is 0 Å². The van der Waals surface area contributed by atoms with Crippen molar-refractivity contribution in [3.8, 4) is 0 Å². The molecule has 2 aliphatic rings. The lowest BCUT2D eigenvalue weighted by molar-refractivity contribution is -0.135. The van der Waals surface area contributed by atoms with E-state index in [4.69, 9.17) is 4.42 Å². The zero-order valence-corrected chi connectivity index (χ0v) is 19.9. The highest BCUT2D eigenvalue weighted by atomic mass is 16.4. The third-order valence-electron chi connectivity index (χ3n) is 6.66. The van der Waals surface area contributed by atoms with E-state index in [2.05, 4.69) is 39.2 Å². The Hall–Kier alpha value is -2.72. The molecule has 0 bridgehead atoms. The van der Waals surface area contributed by atoms with Crippen LogP contribution in [-0.4, -0.2) is 89.1 Å². The van der Waals surface area contributed by atoms with Gasteiger partial charge in [0.2, 0.25) is 17.7 Å². The summed E-state index contributed by atoms with van der Waals surface area (Å²) in [6, 6.07) is 0. The summed E-state index contributed by atoms with van der Waals surface area (Å²) >= 11 is 0. The van der Waals surface area contributed by atoms with Gasteiger partial charge in [-0.15, -0.1) is 0 Å². The van der Waals surface area contributed by atoms with E-state index in [0.717, 1.165) is 26.2 Å². The summed E-state index contributed by atoms with van der Waals surface area (Å²) in [6.07, 6.45) is 1.18. The van der Waals surface area contributed by atoms with Gasteiger partial charge in [-0.25, -0.2) is 5.10 Å². The number of piperazine rings is 1. The fraction of sp³-hybridized carbons (Fsp3) is 0.652. The molecule has 2 aliphatic heterocycles. The monoisotopic (exact) mass is 458 g/mol.